The number of carbonyl (C=O) groups excluding carboxylic acids is 1. The first-order chi connectivity index (χ1) is 49.8. The summed E-state index contributed by atoms with van der Waals surface area (Å²) < 4.78 is 34.5. The Kier molecular flexibility index (Phi) is 58.6. The number of allylic oxidation sites excluding steroid dienone is 7. The van der Waals surface area contributed by atoms with Crippen LogP contribution in [0.3, 0.4) is 0 Å². The average Bonchev–Trinajstić information content (AvgIpc) is 0.781. The topological polar surface area (TPSA) is 307 Å². The van der Waals surface area contributed by atoms with Gasteiger partial charge in [0.2, 0.25) is 5.91 Å². The first-order valence-corrected chi connectivity index (χ1v) is 41.9. The Hall–Kier alpha value is -2.25. The summed E-state index contributed by atoms with van der Waals surface area (Å²) in [6, 6.07) is -0.979. The first kappa shape index (κ1) is 94.0. The highest BCUT2D eigenvalue weighted by molar-refractivity contribution is 5.76. The van der Waals surface area contributed by atoms with Crippen molar-refractivity contribution in [2.45, 2.75) is 446 Å². The van der Waals surface area contributed by atoms with E-state index in [4.69, 9.17) is 28.4 Å². The van der Waals surface area contributed by atoms with Gasteiger partial charge in [-0.1, -0.05) is 326 Å². The van der Waals surface area contributed by atoms with E-state index in [1.54, 1.807) is 6.08 Å². The van der Waals surface area contributed by atoms with Gasteiger partial charge in [0.15, 0.2) is 18.9 Å². The van der Waals surface area contributed by atoms with Gasteiger partial charge in [-0.3, -0.25) is 4.79 Å². The lowest BCUT2D eigenvalue weighted by Gasteiger charge is -2.48. The molecule has 19 nitrogen and oxygen atoms in total. The minimum Gasteiger partial charge on any atom is -0.394 e. The third kappa shape index (κ3) is 43.1. The number of ether oxygens (including phenoxy) is 6. The second kappa shape index (κ2) is 63.7. The maximum atomic E-state index is 13.5. The molecule has 1 amide bonds. The molecule has 598 valence electrons. The van der Waals surface area contributed by atoms with Crippen LogP contribution >= 0.6 is 0 Å². The summed E-state index contributed by atoms with van der Waals surface area (Å²) in [7, 11) is 0. The van der Waals surface area contributed by atoms with E-state index in [1.807, 2.05) is 6.08 Å². The van der Waals surface area contributed by atoms with E-state index in [0.29, 0.717) is 6.42 Å². The van der Waals surface area contributed by atoms with Gasteiger partial charge in [0.1, 0.15) is 73.2 Å². The molecule has 0 aromatic rings. The first-order valence-electron chi connectivity index (χ1n) is 41.9. The SMILES string of the molecule is CCCCCCC/C=C\C/C=C\C/C=C\CCCCCCCCCCCCC(=O)NC(COC1OC(CO)C(OC2OC(CO)C(OC3OC(CO)C(O)C(O)C3O)C(O)C2O)C(O)C1O)C(O)/C=C/CCCCCCCCCCCCCCCCCCCCCCCCCCCCCCCC. The van der Waals surface area contributed by atoms with E-state index in [-0.39, 0.29) is 18.9 Å². The fraction of sp³-hybridized carbons (Fsp3) is 0.892. The fourth-order valence-electron chi connectivity index (χ4n) is 14.1. The monoisotopic (exact) mass is 1450 g/mol. The molecular weight excluding hydrogens is 1300 g/mol. The summed E-state index contributed by atoms with van der Waals surface area (Å²) in [4.78, 5) is 13.5. The Morgan fingerprint density at radius 3 is 1.01 bits per heavy atom. The van der Waals surface area contributed by atoms with Gasteiger partial charge in [0, 0.05) is 6.42 Å². The molecule has 0 aromatic carbocycles. The zero-order chi connectivity index (χ0) is 73.9. The van der Waals surface area contributed by atoms with Crippen molar-refractivity contribution in [2.75, 3.05) is 26.4 Å². The van der Waals surface area contributed by atoms with Gasteiger partial charge in [0.25, 0.3) is 0 Å². The van der Waals surface area contributed by atoms with E-state index in [0.717, 1.165) is 70.6 Å². The molecule has 102 heavy (non-hydrogen) atoms. The van der Waals surface area contributed by atoms with Crippen LogP contribution in [0.4, 0.5) is 0 Å². The molecule has 3 aliphatic rings. The maximum absolute atomic E-state index is 13.5. The summed E-state index contributed by atoms with van der Waals surface area (Å²) >= 11 is 0. The summed E-state index contributed by atoms with van der Waals surface area (Å²) in [5.74, 6) is -0.276. The Bertz CT molecular complexity index is 2030. The minimum absolute atomic E-state index is 0.239. The molecule has 0 aromatic heterocycles. The lowest BCUT2D eigenvalue weighted by atomic mass is 9.96. The zero-order valence-electron chi connectivity index (χ0n) is 64.1. The molecule has 3 fully saturated rings. The number of hydrogen-bond donors (Lipinski definition) is 12. The van der Waals surface area contributed by atoms with Crippen molar-refractivity contribution in [2.24, 2.45) is 0 Å². The molecular formula is C83H153NO18. The van der Waals surface area contributed by atoms with Gasteiger partial charge in [-0.05, 0) is 57.8 Å². The summed E-state index contributed by atoms with van der Waals surface area (Å²) in [5.41, 5.74) is 0. The molecule has 3 heterocycles. The van der Waals surface area contributed by atoms with Crippen molar-refractivity contribution in [3.8, 4) is 0 Å². The van der Waals surface area contributed by atoms with Crippen molar-refractivity contribution in [1.82, 2.24) is 5.32 Å². The van der Waals surface area contributed by atoms with Gasteiger partial charge in [-0.15, -0.1) is 0 Å². The number of unbranched alkanes of at least 4 members (excludes halogenated alkanes) is 45. The van der Waals surface area contributed by atoms with E-state index in [1.165, 1.54) is 244 Å². The van der Waals surface area contributed by atoms with Crippen molar-refractivity contribution in [3.63, 3.8) is 0 Å². The number of aliphatic hydroxyl groups is 11. The van der Waals surface area contributed by atoms with Crippen molar-refractivity contribution in [3.05, 3.63) is 48.6 Å². The summed E-state index contributed by atoms with van der Waals surface area (Å²) in [5, 5.41) is 121. The van der Waals surface area contributed by atoms with Gasteiger partial charge < -0.3 is 89.9 Å². The Morgan fingerprint density at radius 2 is 0.647 bits per heavy atom. The van der Waals surface area contributed by atoms with Crippen LogP contribution in [0, 0.1) is 0 Å². The van der Waals surface area contributed by atoms with Crippen LogP contribution in [-0.4, -0.2) is 193 Å². The highest BCUT2D eigenvalue weighted by Gasteiger charge is 2.54. The highest BCUT2D eigenvalue weighted by Crippen LogP contribution is 2.33. The van der Waals surface area contributed by atoms with Crippen LogP contribution in [0.25, 0.3) is 0 Å². The van der Waals surface area contributed by atoms with Crippen molar-refractivity contribution < 1.29 is 89.4 Å². The quantitative estimate of drug-likeness (QED) is 0.0199. The summed E-state index contributed by atoms with van der Waals surface area (Å²) in [6.07, 6.45) is 53.9. The predicted octanol–water partition coefficient (Wildman–Crippen LogP) is 14.5. The molecule has 0 aliphatic carbocycles. The van der Waals surface area contributed by atoms with E-state index in [2.05, 4.69) is 55.6 Å². The molecule has 19 heteroatoms. The van der Waals surface area contributed by atoms with Crippen molar-refractivity contribution in [1.29, 1.82) is 0 Å². The molecule has 0 bridgehead atoms. The molecule has 0 radical (unpaired) electrons. The number of amides is 1. The molecule has 3 aliphatic heterocycles. The number of rotatable bonds is 67. The predicted molar refractivity (Wildman–Crippen MR) is 406 cm³/mol. The largest absolute Gasteiger partial charge is 0.394 e. The maximum Gasteiger partial charge on any atom is 0.220 e. The average molecular weight is 1450 g/mol. The normalized spacial score (nSPS) is 26.4. The number of aliphatic hydroxyl groups excluding tert-OH is 11. The second-order valence-corrected chi connectivity index (χ2v) is 29.9. The molecule has 12 N–H and O–H groups in total. The number of carbonyl (C=O) groups is 1. The lowest BCUT2D eigenvalue weighted by molar-refractivity contribution is -0.379. The van der Waals surface area contributed by atoms with Crippen LogP contribution in [0.5, 0.6) is 0 Å². The van der Waals surface area contributed by atoms with Crippen LogP contribution < -0.4 is 5.32 Å². The van der Waals surface area contributed by atoms with E-state index < -0.39 is 124 Å². The summed E-state index contributed by atoms with van der Waals surface area (Å²) in [6.45, 7) is 1.77. The number of nitrogens with one attached hydrogen (secondary N) is 1. The van der Waals surface area contributed by atoms with E-state index in [9.17, 15) is 61.0 Å². The fourth-order valence-corrected chi connectivity index (χ4v) is 14.1. The minimum atomic E-state index is -1.98. The molecule has 17 atom stereocenters. The molecule has 0 spiro atoms. The van der Waals surface area contributed by atoms with Gasteiger partial charge >= 0.3 is 0 Å². The van der Waals surface area contributed by atoms with Crippen LogP contribution in [0.2, 0.25) is 0 Å². The Balaban J connectivity index is 1.36. The van der Waals surface area contributed by atoms with Gasteiger partial charge in [0.05, 0.1) is 38.6 Å². The molecule has 17 unspecified atom stereocenters. The van der Waals surface area contributed by atoms with Gasteiger partial charge in [-0.2, -0.15) is 0 Å². The van der Waals surface area contributed by atoms with Crippen molar-refractivity contribution >= 4 is 5.91 Å². The van der Waals surface area contributed by atoms with Gasteiger partial charge in [-0.25, -0.2) is 0 Å². The third-order valence-corrected chi connectivity index (χ3v) is 20.9. The number of hydrogen-bond acceptors (Lipinski definition) is 18. The molecule has 3 rings (SSSR count). The van der Waals surface area contributed by atoms with Crippen LogP contribution in [0.15, 0.2) is 48.6 Å². The second-order valence-electron chi connectivity index (χ2n) is 29.9. The van der Waals surface area contributed by atoms with E-state index >= 15 is 0 Å². The lowest BCUT2D eigenvalue weighted by Crippen LogP contribution is -2.66. The smallest absolute Gasteiger partial charge is 0.220 e. The Labute approximate surface area is 618 Å². The van der Waals surface area contributed by atoms with Crippen LogP contribution in [0.1, 0.15) is 341 Å². The third-order valence-electron chi connectivity index (χ3n) is 20.9. The highest BCUT2D eigenvalue weighted by atomic mass is 16.8. The van der Waals surface area contributed by atoms with Crippen LogP contribution in [-0.2, 0) is 33.2 Å². The standard InChI is InChI=1S/C83H153NO18/c1-3-5-7-9-11-13-15-17-19-21-23-25-27-29-30-31-32-33-34-35-37-38-40-42-44-46-48-50-52-54-56-58-60-67(88)66(84-71(89)61-59-57-55-53-51-49-47-45-43-41-39-36-28-26-24-22-20-18-16-14-12-10-8-6-4-2)65-97-81-77(95)74(92)79(69(63-86)99-81)102-83-78(96)75(93)80(70(64-87)100-83)101-82-76(94)73(91)72(90)68(62-85)98-82/h16,18,22,24,28,36,58,60,66-70,72-83,85-88,90-96H,3-15,17,19-21,23,25-27,29-35,37-57,59,61-65H2,1-2H3,(H,84,89)/b18-16-,24-22-,36-28-,60-58+. The molecule has 3 saturated heterocycles. The zero-order valence-corrected chi connectivity index (χ0v) is 64.1. The Morgan fingerprint density at radius 1 is 0.353 bits per heavy atom. The molecule has 0 saturated carbocycles.